The molecule has 0 radical (unpaired) electrons. The van der Waals surface area contributed by atoms with Crippen LogP contribution in [0.25, 0.3) is 0 Å². The van der Waals surface area contributed by atoms with Crippen molar-refractivity contribution in [2.45, 2.75) is 180 Å². The molecule has 0 saturated heterocycles. The van der Waals surface area contributed by atoms with Gasteiger partial charge in [0.15, 0.2) is 12.1 Å². The van der Waals surface area contributed by atoms with Gasteiger partial charge in [-0.25, -0.2) is 4.79 Å². The second-order valence-electron chi connectivity index (χ2n) is 15.3. The van der Waals surface area contributed by atoms with E-state index >= 15 is 0 Å². The molecule has 0 rings (SSSR count). The number of carbonyl (C=O) groups excluding carboxylic acids is 2. The Labute approximate surface area is 325 Å². The molecule has 0 aromatic rings. The molecule has 0 aromatic carbocycles. The molecule has 8 heteroatoms. The molecule has 2 atom stereocenters. The van der Waals surface area contributed by atoms with Gasteiger partial charge >= 0.3 is 17.9 Å². The molecule has 0 amide bonds. The Bertz CT molecular complexity index is 1010. The number of quaternary nitrogens is 1. The zero-order valence-corrected chi connectivity index (χ0v) is 34.7. The molecule has 1 N–H and O–H groups in total. The second kappa shape index (κ2) is 36.3. The first-order valence-electron chi connectivity index (χ1n) is 21.2. The highest BCUT2D eigenvalue weighted by Crippen LogP contribution is 2.14. The number of unbranched alkanes of at least 4 members (excludes halogenated alkanes) is 18. The summed E-state index contributed by atoms with van der Waals surface area (Å²) in [5.74, 6) is -1.50. The van der Waals surface area contributed by atoms with Crippen LogP contribution in [0.3, 0.4) is 0 Å². The van der Waals surface area contributed by atoms with Crippen LogP contribution in [0.2, 0.25) is 0 Å². The van der Waals surface area contributed by atoms with Gasteiger partial charge < -0.3 is 23.8 Å². The zero-order chi connectivity index (χ0) is 39.3. The second-order valence-corrected chi connectivity index (χ2v) is 15.3. The van der Waals surface area contributed by atoms with Gasteiger partial charge in [0.25, 0.3) is 0 Å². The summed E-state index contributed by atoms with van der Waals surface area (Å²) in [6, 6.07) is -0.618. The normalized spacial score (nSPS) is 13.5. The van der Waals surface area contributed by atoms with E-state index in [0.29, 0.717) is 19.3 Å². The van der Waals surface area contributed by atoms with E-state index in [9.17, 15) is 19.5 Å². The minimum atomic E-state index is -0.880. The van der Waals surface area contributed by atoms with Crippen LogP contribution < -0.4 is 0 Å². The van der Waals surface area contributed by atoms with Gasteiger partial charge in [0, 0.05) is 19.3 Å². The summed E-state index contributed by atoms with van der Waals surface area (Å²) in [6.45, 7) is 4.66. The zero-order valence-electron chi connectivity index (χ0n) is 34.7. The third-order valence-corrected chi connectivity index (χ3v) is 9.33. The molecule has 0 aliphatic carbocycles. The standard InChI is InChI=1S/C45H79NO7/c1-6-8-10-12-14-16-18-19-20-21-22-23-24-26-28-30-32-34-36-44(48)53-41(39-51-38-37-42(45(49)50)46(3,4)5)40-52-43(47)35-33-31-29-27-25-17-15-13-11-9-7-2/h14,16,18-23,41-42H,6-13,15,17,24-40H2,1-5H3/p+1/b16-14+,19-18+,21-20+,23-22+. The molecule has 0 spiro atoms. The third kappa shape index (κ3) is 34.8. The van der Waals surface area contributed by atoms with E-state index in [1.807, 2.05) is 27.2 Å². The fourth-order valence-corrected chi connectivity index (χ4v) is 5.98. The van der Waals surface area contributed by atoms with Crippen molar-refractivity contribution >= 4 is 17.9 Å². The quantitative estimate of drug-likeness (QED) is 0.0292. The molecular weight excluding hydrogens is 666 g/mol. The highest BCUT2D eigenvalue weighted by Gasteiger charge is 2.31. The minimum absolute atomic E-state index is 0.0517. The third-order valence-electron chi connectivity index (χ3n) is 9.33. The number of nitrogens with zero attached hydrogens (tertiary/aromatic N) is 1. The summed E-state index contributed by atoms with van der Waals surface area (Å²) in [5.41, 5.74) is 0. The van der Waals surface area contributed by atoms with Crippen LogP contribution in [-0.4, -0.2) is 80.6 Å². The van der Waals surface area contributed by atoms with E-state index < -0.39 is 18.1 Å². The Kier molecular flexibility index (Phi) is 34.4. The summed E-state index contributed by atoms with van der Waals surface area (Å²) in [7, 11) is 5.51. The topological polar surface area (TPSA) is 99.1 Å². The first-order valence-corrected chi connectivity index (χ1v) is 21.2. The van der Waals surface area contributed by atoms with Gasteiger partial charge in [-0.15, -0.1) is 0 Å². The first kappa shape index (κ1) is 50.3. The highest BCUT2D eigenvalue weighted by molar-refractivity contribution is 5.72. The van der Waals surface area contributed by atoms with Crippen LogP contribution >= 0.6 is 0 Å². The molecule has 53 heavy (non-hydrogen) atoms. The van der Waals surface area contributed by atoms with Gasteiger partial charge in [-0.1, -0.05) is 159 Å². The first-order chi connectivity index (χ1) is 25.6. The summed E-state index contributed by atoms with van der Waals surface area (Å²) in [6.07, 6.45) is 41.4. The predicted octanol–water partition coefficient (Wildman–Crippen LogP) is 11.2. The monoisotopic (exact) mass is 747 g/mol. The number of carboxylic acid groups (broad SMARTS) is 1. The van der Waals surface area contributed by atoms with Crippen LogP contribution in [0.5, 0.6) is 0 Å². The van der Waals surface area contributed by atoms with Gasteiger partial charge in [0.1, 0.15) is 6.61 Å². The van der Waals surface area contributed by atoms with E-state index in [4.69, 9.17) is 14.2 Å². The molecule has 8 nitrogen and oxygen atoms in total. The molecule has 306 valence electrons. The number of hydrogen-bond acceptors (Lipinski definition) is 6. The molecule has 0 aromatic heterocycles. The SMILES string of the molecule is CCCCC/C=C/C=C/C=C/C=C/CCCCCCCC(=O)OC(COCCC(C(=O)O)[N+](C)(C)C)COC(=O)CCCCCCCCCCCCC. The van der Waals surface area contributed by atoms with Crippen LogP contribution in [0, 0.1) is 0 Å². The van der Waals surface area contributed by atoms with Crippen molar-refractivity contribution in [2.75, 3.05) is 41.0 Å². The number of aliphatic carboxylic acids is 1. The van der Waals surface area contributed by atoms with E-state index in [0.717, 1.165) is 64.2 Å². The number of allylic oxidation sites excluding steroid dienone is 8. The molecule has 0 saturated carbocycles. The number of esters is 2. The Balaban J connectivity index is 4.42. The van der Waals surface area contributed by atoms with Crippen molar-refractivity contribution < 1.29 is 38.2 Å². The Hall–Kier alpha value is -2.71. The van der Waals surface area contributed by atoms with Crippen molar-refractivity contribution in [3.8, 4) is 0 Å². The van der Waals surface area contributed by atoms with Gasteiger partial charge in [0.2, 0.25) is 0 Å². The highest BCUT2D eigenvalue weighted by atomic mass is 16.6. The summed E-state index contributed by atoms with van der Waals surface area (Å²) < 4.78 is 17.2. The van der Waals surface area contributed by atoms with Crippen molar-refractivity contribution in [2.24, 2.45) is 0 Å². The lowest BCUT2D eigenvalue weighted by Gasteiger charge is -2.31. The Morgan fingerprint density at radius 3 is 1.51 bits per heavy atom. The number of rotatable bonds is 37. The number of hydrogen-bond donors (Lipinski definition) is 1. The fraction of sp³-hybridized carbons (Fsp3) is 0.756. The van der Waals surface area contributed by atoms with Gasteiger partial charge in [-0.2, -0.15) is 0 Å². The van der Waals surface area contributed by atoms with E-state index in [1.54, 1.807) is 0 Å². The summed E-state index contributed by atoms with van der Waals surface area (Å²) in [5, 5.41) is 9.60. The average molecular weight is 747 g/mol. The fourth-order valence-electron chi connectivity index (χ4n) is 5.98. The maximum atomic E-state index is 12.7. The van der Waals surface area contributed by atoms with Crippen molar-refractivity contribution in [3.05, 3.63) is 48.6 Å². The van der Waals surface area contributed by atoms with Gasteiger partial charge in [-0.3, -0.25) is 9.59 Å². The average Bonchev–Trinajstić information content (AvgIpc) is 3.11. The molecule has 0 bridgehead atoms. The number of carbonyl (C=O) groups is 3. The van der Waals surface area contributed by atoms with Crippen molar-refractivity contribution in [3.63, 3.8) is 0 Å². The Morgan fingerprint density at radius 2 is 1.00 bits per heavy atom. The van der Waals surface area contributed by atoms with Crippen molar-refractivity contribution in [1.82, 2.24) is 0 Å². The van der Waals surface area contributed by atoms with E-state index in [-0.39, 0.29) is 36.2 Å². The van der Waals surface area contributed by atoms with E-state index in [2.05, 4.69) is 56.4 Å². The lowest BCUT2D eigenvalue weighted by atomic mass is 10.1. The maximum absolute atomic E-state index is 12.7. The number of likely N-dealkylation sites (N-methyl/N-ethyl adjacent to an activating group) is 1. The van der Waals surface area contributed by atoms with Crippen LogP contribution in [0.1, 0.15) is 168 Å². The smallest absolute Gasteiger partial charge is 0.362 e. The molecule has 0 aliphatic rings. The summed E-state index contributed by atoms with van der Waals surface area (Å²) >= 11 is 0. The van der Waals surface area contributed by atoms with Crippen molar-refractivity contribution in [1.29, 1.82) is 0 Å². The molecule has 0 fully saturated rings. The lowest BCUT2D eigenvalue weighted by Crippen LogP contribution is -2.50. The van der Waals surface area contributed by atoms with Gasteiger partial charge in [0.05, 0.1) is 34.4 Å². The number of ether oxygens (including phenoxy) is 3. The minimum Gasteiger partial charge on any atom is -0.477 e. The predicted molar refractivity (Wildman–Crippen MR) is 220 cm³/mol. The molecule has 0 heterocycles. The molecule has 0 aliphatic heterocycles. The number of carboxylic acids is 1. The lowest BCUT2D eigenvalue weighted by molar-refractivity contribution is -0.887. The van der Waals surface area contributed by atoms with Crippen LogP contribution in [0.4, 0.5) is 0 Å². The molecule has 2 unspecified atom stereocenters. The largest absolute Gasteiger partial charge is 0.477 e. The van der Waals surface area contributed by atoms with Crippen LogP contribution in [-0.2, 0) is 28.6 Å². The van der Waals surface area contributed by atoms with Gasteiger partial charge in [-0.05, 0) is 38.5 Å². The van der Waals surface area contributed by atoms with Crippen LogP contribution in [0.15, 0.2) is 48.6 Å². The molecular formula is C45H80NO7+. The Morgan fingerprint density at radius 1 is 0.566 bits per heavy atom. The maximum Gasteiger partial charge on any atom is 0.362 e. The summed E-state index contributed by atoms with van der Waals surface area (Å²) in [4.78, 5) is 36.9. The van der Waals surface area contributed by atoms with E-state index in [1.165, 1.54) is 70.6 Å².